The number of rotatable bonds is 6. The molecule has 4 heteroatoms. The van der Waals surface area contributed by atoms with Gasteiger partial charge in [-0.05, 0) is 24.5 Å². The molecule has 1 fully saturated rings. The normalized spacial score (nSPS) is 15.2. The molecule has 0 amide bonds. The summed E-state index contributed by atoms with van der Waals surface area (Å²) in [5, 5.41) is 18.1. The van der Waals surface area contributed by atoms with Gasteiger partial charge in [0.25, 0.3) is 0 Å². The zero-order chi connectivity index (χ0) is 12.3. The van der Waals surface area contributed by atoms with E-state index in [1.54, 1.807) is 12.1 Å². The van der Waals surface area contributed by atoms with Gasteiger partial charge in [-0.25, -0.2) is 4.79 Å². The summed E-state index contributed by atoms with van der Waals surface area (Å²) in [6.07, 6.45) is 2.30. The van der Waals surface area contributed by atoms with Crippen molar-refractivity contribution in [2.75, 3.05) is 13.2 Å². The Kier molecular flexibility index (Phi) is 3.76. The van der Waals surface area contributed by atoms with Gasteiger partial charge in [0, 0.05) is 19.1 Å². The number of carboxylic acid groups (broad SMARTS) is 1. The molecule has 1 aromatic rings. The Morgan fingerprint density at radius 1 is 1.35 bits per heavy atom. The molecule has 1 aliphatic carbocycles. The van der Waals surface area contributed by atoms with Crippen molar-refractivity contribution in [3.05, 3.63) is 35.4 Å². The number of carbonyl (C=O) groups is 1. The lowest BCUT2D eigenvalue weighted by Crippen LogP contribution is -2.29. The van der Waals surface area contributed by atoms with Crippen LogP contribution in [0.2, 0.25) is 0 Å². The van der Waals surface area contributed by atoms with E-state index in [2.05, 4.69) is 4.90 Å². The van der Waals surface area contributed by atoms with Gasteiger partial charge in [-0.15, -0.1) is 0 Å². The molecule has 0 aromatic heterocycles. The van der Waals surface area contributed by atoms with Crippen molar-refractivity contribution in [2.24, 2.45) is 0 Å². The SMILES string of the molecule is O=C(O)c1ccccc1CN(CCO)C1CC1. The number of aliphatic hydroxyl groups is 1. The number of nitrogens with zero attached hydrogens (tertiary/aromatic N) is 1. The quantitative estimate of drug-likeness (QED) is 0.781. The van der Waals surface area contributed by atoms with Crippen molar-refractivity contribution in [2.45, 2.75) is 25.4 Å². The first kappa shape index (κ1) is 12.1. The molecular formula is C13H17NO3. The highest BCUT2D eigenvalue weighted by atomic mass is 16.4. The molecule has 1 aromatic carbocycles. The monoisotopic (exact) mass is 235 g/mol. The fourth-order valence-electron chi connectivity index (χ4n) is 2.04. The number of aromatic carboxylic acids is 1. The third kappa shape index (κ3) is 3.05. The fourth-order valence-corrected chi connectivity index (χ4v) is 2.04. The van der Waals surface area contributed by atoms with Gasteiger partial charge < -0.3 is 10.2 Å². The van der Waals surface area contributed by atoms with Crippen LogP contribution in [0, 0.1) is 0 Å². The lowest BCUT2D eigenvalue weighted by atomic mass is 10.1. The minimum absolute atomic E-state index is 0.117. The molecular weight excluding hydrogens is 218 g/mol. The molecule has 1 saturated carbocycles. The van der Waals surface area contributed by atoms with Gasteiger partial charge >= 0.3 is 5.97 Å². The van der Waals surface area contributed by atoms with Crippen LogP contribution in [-0.4, -0.2) is 40.3 Å². The molecule has 0 saturated heterocycles. The van der Waals surface area contributed by atoms with E-state index in [0.717, 1.165) is 18.4 Å². The number of hydrogen-bond donors (Lipinski definition) is 2. The van der Waals surface area contributed by atoms with Crippen molar-refractivity contribution in [3.63, 3.8) is 0 Å². The molecule has 0 aliphatic heterocycles. The van der Waals surface area contributed by atoms with Crippen molar-refractivity contribution < 1.29 is 15.0 Å². The van der Waals surface area contributed by atoms with E-state index in [9.17, 15) is 4.79 Å². The second kappa shape index (κ2) is 5.29. The smallest absolute Gasteiger partial charge is 0.336 e. The van der Waals surface area contributed by atoms with E-state index < -0.39 is 5.97 Å². The molecule has 0 spiro atoms. The van der Waals surface area contributed by atoms with Crippen molar-refractivity contribution in [3.8, 4) is 0 Å². The summed E-state index contributed by atoms with van der Waals surface area (Å²) in [6.45, 7) is 1.33. The minimum atomic E-state index is -0.889. The zero-order valence-electron chi connectivity index (χ0n) is 9.67. The van der Waals surface area contributed by atoms with Crippen LogP contribution in [-0.2, 0) is 6.54 Å². The van der Waals surface area contributed by atoms with E-state index >= 15 is 0 Å². The topological polar surface area (TPSA) is 60.8 Å². The molecule has 92 valence electrons. The zero-order valence-corrected chi connectivity index (χ0v) is 9.67. The largest absolute Gasteiger partial charge is 0.478 e. The summed E-state index contributed by atoms with van der Waals surface area (Å²) in [5.74, 6) is -0.889. The molecule has 1 aliphatic rings. The predicted molar refractivity (Wildman–Crippen MR) is 63.9 cm³/mol. The van der Waals surface area contributed by atoms with Gasteiger partial charge in [0.1, 0.15) is 0 Å². The van der Waals surface area contributed by atoms with Crippen molar-refractivity contribution >= 4 is 5.97 Å². The lowest BCUT2D eigenvalue weighted by Gasteiger charge is -2.21. The molecule has 2 rings (SSSR count). The van der Waals surface area contributed by atoms with Crippen LogP contribution in [0.5, 0.6) is 0 Å². The van der Waals surface area contributed by atoms with E-state index in [1.165, 1.54) is 0 Å². The first-order chi connectivity index (χ1) is 8.22. The maximum atomic E-state index is 11.1. The molecule has 0 atom stereocenters. The molecule has 0 unspecified atom stereocenters. The summed E-state index contributed by atoms with van der Waals surface area (Å²) in [6, 6.07) is 7.58. The minimum Gasteiger partial charge on any atom is -0.478 e. The van der Waals surface area contributed by atoms with E-state index in [-0.39, 0.29) is 6.61 Å². The van der Waals surface area contributed by atoms with Crippen LogP contribution in [0.3, 0.4) is 0 Å². The molecule has 2 N–H and O–H groups in total. The Hall–Kier alpha value is -1.39. The van der Waals surface area contributed by atoms with Gasteiger partial charge in [-0.3, -0.25) is 4.90 Å². The maximum Gasteiger partial charge on any atom is 0.336 e. The van der Waals surface area contributed by atoms with Gasteiger partial charge in [-0.2, -0.15) is 0 Å². The van der Waals surface area contributed by atoms with Gasteiger partial charge in [-0.1, -0.05) is 18.2 Å². The van der Waals surface area contributed by atoms with Crippen LogP contribution in [0.25, 0.3) is 0 Å². The van der Waals surface area contributed by atoms with Crippen LogP contribution in [0.4, 0.5) is 0 Å². The maximum absolute atomic E-state index is 11.1. The highest BCUT2D eigenvalue weighted by molar-refractivity contribution is 5.89. The Labute approximate surface area is 100 Å². The highest BCUT2D eigenvalue weighted by Gasteiger charge is 2.29. The fraction of sp³-hybridized carbons (Fsp3) is 0.462. The Bertz CT molecular complexity index is 401. The standard InChI is InChI=1S/C13H17NO3/c15-8-7-14(11-5-6-11)9-10-3-1-2-4-12(10)13(16)17/h1-4,11,15H,5-9H2,(H,16,17). The summed E-state index contributed by atoms with van der Waals surface area (Å²) in [4.78, 5) is 13.2. The van der Waals surface area contributed by atoms with Crippen LogP contribution < -0.4 is 0 Å². The Morgan fingerprint density at radius 3 is 2.65 bits per heavy atom. The van der Waals surface area contributed by atoms with E-state index in [1.807, 2.05) is 12.1 Å². The van der Waals surface area contributed by atoms with Gasteiger partial charge in [0.2, 0.25) is 0 Å². The van der Waals surface area contributed by atoms with Gasteiger partial charge in [0.15, 0.2) is 0 Å². The average molecular weight is 235 g/mol. The molecule has 17 heavy (non-hydrogen) atoms. The number of aliphatic hydroxyl groups excluding tert-OH is 1. The van der Waals surface area contributed by atoms with E-state index in [4.69, 9.17) is 10.2 Å². The molecule has 0 heterocycles. The first-order valence-electron chi connectivity index (χ1n) is 5.88. The summed E-state index contributed by atoms with van der Waals surface area (Å²) in [7, 11) is 0. The van der Waals surface area contributed by atoms with Crippen molar-refractivity contribution in [1.29, 1.82) is 0 Å². The summed E-state index contributed by atoms with van der Waals surface area (Å²) >= 11 is 0. The van der Waals surface area contributed by atoms with Crippen LogP contribution in [0.1, 0.15) is 28.8 Å². The molecule has 4 nitrogen and oxygen atoms in total. The second-order valence-corrected chi connectivity index (χ2v) is 4.39. The molecule has 0 bridgehead atoms. The Balaban J connectivity index is 2.13. The van der Waals surface area contributed by atoms with Crippen LogP contribution >= 0.6 is 0 Å². The van der Waals surface area contributed by atoms with Crippen LogP contribution in [0.15, 0.2) is 24.3 Å². The average Bonchev–Trinajstić information content (AvgIpc) is 3.13. The Morgan fingerprint density at radius 2 is 2.06 bits per heavy atom. The summed E-state index contributed by atoms with van der Waals surface area (Å²) < 4.78 is 0. The van der Waals surface area contributed by atoms with E-state index in [0.29, 0.717) is 24.7 Å². The number of hydrogen-bond acceptors (Lipinski definition) is 3. The first-order valence-corrected chi connectivity index (χ1v) is 5.88. The lowest BCUT2D eigenvalue weighted by molar-refractivity contribution is 0.0694. The van der Waals surface area contributed by atoms with Gasteiger partial charge in [0.05, 0.1) is 12.2 Å². The number of benzene rings is 1. The summed E-state index contributed by atoms with van der Waals surface area (Å²) in [5.41, 5.74) is 1.18. The highest BCUT2D eigenvalue weighted by Crippen LogP contribution is 2.28. The third-order valence-corrected chi connectivity index (χ3v) is 3.07. The predicted octanol–water partition coefficient (Wildman–Crippen LogP) is 1.34. The molecule has 0 radical (unpaired) electrons. The third-order valence-electron chi connectivity index (χ3n) is 3.07. The van der Waals surface area contributed by atoms with Crippen molar-refractivity contribution in [1.82, 2.24) is 4.90 Å². The second-order valence-electron chi connectivity index (χ2n) is 4.39. The number of carboxylic acids is 1.